The zero-order chi connectivity index (χ0) is 11.3. The molecule has 0 bridgehead atoms. The Kier molecular flexibility index (Phi) is 1.94. The van der Waals surface area contributed by atoms with Crippen LogP contribution in [0.1, 0.15) is 31.4 Å². The SMILES string of the molecule is Cc1ccccc1C1(C(=O)O)CC1(C)C. The predicted molar refractivity (Wildman–Crippen MR) is 58.9 cm³/mol. The zero-order valence-corrected chi connectivity index (χ0v) is 9.37. The highest BCUT2D eigenvalue weighted by Crippen LogP contribution is 2.64. The first-order chi connectivity index (χ1) is 6.92. The van der Waals surface area contributed by atoms with E-state index in [1.54, 1.807) is 0 Å². The van der Waals surface area contributed by atoms with E-state index in [1.165, 1.54) is 0 Å². The zero-order valence-electron chi connectivity index (χ0n) is 9.37. The predicted octanol–water partition coefficient (Wildman–Crippen LogP) is 2.75. The number of aliphatic carboxylic acids is 1. The molecule has 1 atom stereocenters. The van der Waals surface area contributed by atoms with E-state index in [2.05, 4.69) is 0 Å². The number of carboxylic acids is 1. The van der Waals surface area contributed by atoms with Crippen LogP contribution in [0, 0.1) is 12.3 Å². The van der Waals surface area contributed by atoms with Crippen molar-refractivity contribution in [1.29, 1.82) is 0 Å². The van der Waals surface area contributed by atoms with Crippen molar-refractivity contribution >= 4 is 5.97 Å². The van der Waals surface area contributed by atoms with E-state index in [0.717, 1.165) is 17.5 Å². The van der Waals surface area contributed by atoms with Gasteiger partial charge in [-0.1, -0.05) is 38.1 Å². The summed E-state index contributed by atoms with van der Waals surface area (Å²) >= 11 is 0. The third-order valence-electron chi connectivity index (χ3n) is 3.71. The summed E-state index contributed by atoms with van der Waals surface area (Å²) in [4.78, 5) is 11.5. The Morgan fingerprint density at radius 2 is 1.87 bits per heavy atom. The lowest BCUT2D eigenvalue weighted by atomic mass is 9.85. The molecule has 0 heterocycles. The maximum absolute atomic E-state index is 11.5. The molecule has 0 amide bonds. The molecule has 1 N–H and O–H groups in total. The Labute approximate surface area is 89.9 Å². The Bertz CT molecular complexity index is 420. The fourth-order valence-electron chi connectivity index (χ4n) is 2.61. The average Bonchev–Trinajstić information content (AvgIpc) is 2.71. The van der Waals surface area contributed by atoms with Gasteiger partial charge in [-0.15, -0.1) is 0 Å². The van der Waals surface area contributed by atoms with E-state index in [-0.39, 0.29) is 5.41 Å². The molecule has 2 heteroatoms. The van der Waals surface area contributed by atoms with Gasteiger partial charge in [-0.25, -0.2) is 0 Å². The summed E-state index contributed by atoms with van der Waals surface area (Å²) in [6.45, 7) is 6.02. The van der Waals surface area contributed by atoms with Gasteiger partial charge in [-0.3, -0.25) is 4.79 Å². The van der Waals surface area contributed by atoms with Gasteiger partial charge in [0.25, 0.3) is 0 Å². The minimum absolute atomic E-state index is 0.120. The first kappa shape index (κ1) is 10.2. The monoisotopic (exact) mass is 204 g/mol. The smallest absolute Gasteiger partial charge is 0.314 e. The number of carboxylic acid groups (broad SMARTS) is 1. The number of aryl methyl sites for hydroxylation is 1. The molecule has 0 aromatic heterocycles. The molecule has 1 saturated carbocycles. The van der Waals surface area contributed by atoms with Crippen LogP contribution < -0.4 is 0 Å². The highest BCUT2D eigenvalue weighted by atomic mass is 16.4. The summed E-state index contributed by atoms with van der Waals surface area (Å²) in [6.07, 6.45) is 0.736. The Morgan fingerprint density at radius 1 is 1.33 bits per heavy atom. The molecule has 1 fully saturated rings. The highest BCUT2D eigenvalue weighted by Gasteiger charge is 2.68. The fourth-order valence-corrected chi connectivity index (χ4v) is 2.61. The molecule has 1 aliphatic rings. The number of carbonyl (C=O) groups is 1. The number of hydrogen-bond acceptors (Lipinski definition) is 1. The van der Waals surface area contributed by atoms with Crippen LogP contribution in [-0.4, -0.2) is 11.1 Å². The fraction of sp³-hybridized carbons (Fsp3) is 0.462. The molecule has 15 heavy (non-hydrogen) atoms. The first-order valence-corrected chi connectivity index (χ1v) is 5.21. The molecule has 1 unspecified atom stereocenters. The number of rotatable bonds is 2. The van der Waals surface area contributed by atoms with E-state index < -0.39 is 11.4 Å². The molecule has 0 saturated heterocycles. The van der Waals surface area contributed by atoms with Gasteiger partial charge in [0.2, 0.25) is 0 Å². The molecule has 80 valence electrons. The number of benzene rings is 1. The molecular weight excluding hydrogens is 188 g/mol. The second-order valence-electron chi connectivity index (χ2n) is 5.09. The van der Waals surface area contributed by atoms with Crippen molar-refractivity contribution in [3.63, 3.8) is 0 Å². The summed E-state index contributed by atoms with van der Waals surface area (Å²) in [6, 6.07) is 7.79. The minimum Gasteiger partial charge on any atom is -0.481 e. The molecule has 0 spiro atoms. The topological polar surface area (TPSA) is 37.3 Å². The van der Waals surface area contributed by atoms with E-state index in [9.17, 15) is 9.90 Å². The third-order valence-corrected chi connectivity index (χ3v) is 3.71. The lowest BCUT2D eigenvalue weighted by molar-refractivity contribution is -0.141. The lowest BCUT2D eigenvalue weighted by Crippen LogP contribution is -2.26. The first-order valence-electron chi connectivity index (χ1n) is 5.21. The summed E-state index contributed by atoms with van der Waals surface area (Å²) < 4.78 is 0. The lowest BCUT2D eigenvalue weighted by Gasteiger charge is -2.18. The van der Waals surface area contributed by atoms with Crippen LogP contribution in [0.2, 0.25) is 0 Å². The quantitative estimate of drug-likeness (QED) is 0.804. The van der Waals surface area contributed by atoms with Crippen molar-refractivity contribution in [2.75, 3.05) is 0 Å². The average molecular weight is 204 g/mol. The van der Waals surface area contributed by atoms with Gasteiger partial charge in [-0.2, -0.15) is 0 Å². The second kappa shape index (κ2) is 2.84. The molecule has 2 rings (SSSR count). The number of hydrogen-bond donors (Lipinski definition) is 1. The Hall–Kier alpha value is -1.31. The molecule has 2 nitrogen and oxygen atoms in total. The van der Waals surface area contributed by atoms with E-state index in [1.807, 2.05) is 45.0 Å². The summed E-state index contributed by atoms with van der Waals surface area (Å²) in [5.41, 5.74) is 1.27. The van der Waals surface area contributed by atoms with E-state index >= 15 is 0 Å². The van der Waals surface area contributed by atoms with Gasteiger partial charge in [0.1, 0.15) is 0 Å². The molecule has 1 aromatic carbocycles. The van der Waals surface area contributed by atoms with E-state index in [4.69, 9.17) is 0 Å². The van der Waals surface area contributed by atoms with Crippen molar-refractivity contribution in [2.24, 2.45) is 5.41 Å². The summed E-state index contributed by atoms with van der Waals surface area (Å²) in [5, 5.41) is 9.42. The molecular formula is C13H16O2. The summed E-state index contributed by atoms with van der Waals surface area (Å²) in [5.74, 6) is -0.693. The van der Waals surface area contributed by atoms with Gasteiger partial charge in [0, 0.05) is 0 Å². The third kappa shape index (κ3) is 1.21. The van der Waals surface area contributed by atoms with Crippen LogP contribution in [0.3, 0.4) is 0 Å². The standard InChI is InChI=1S/C13H16O2/c1-9-6-4-5-7-10(9)13(11(14)15)8-12(13,2)3/h4-7H,8H2,1-3H3,(H,14,15). The normalized spacial score (nSPS) is 27.4. The largest absolute Gasteiger partial charge is 0.481 e. The molecule has 0 aliphatic heterocycles. The maximum Gasteiger partial charge on any atom is 0.314 e. The molecule has 1 aromatic rings. The van der Waals surface area contributed by atoms with Gasteiger partial charge in [-0.05, 0) is 29.9 Å². The van der Waals surface area contributed by atoms with Crippen LogP contribution in [0.5, 0.6) is 0 Å². The van der Waals surface area contributed by atoms with Gasteiger partial charge < -0.3 is 5.11 Å². The Morgan fingerprint density at radius 3 is 2.27 bits per heavy atom. The summed E-state index contributed by atoms with van der Waals surface area (Å²) in [7, 11) is 0. The van der Waals surface area contributed by atoms with Crippen LogP contribution in [-0.2, 0) is 10.2 Å². The van der Waals surface area contributed by atoms with Gasteiger partial charge in [0.15, 0.2) is 0 Å². The Balaban J connectivity index is 2.55. The van der Waals surface area contributed by atoms with Crippen LogP contribution in [0.15, 0.2) is 24.3 Å². The van der Waals surface area contributed by atoms with Crippen molar-refractivity contribution in [2.45, 2.75) is 32.6 Å². The van der Waals surface area contributed by atoms with Crippen molar-refractivity contribution < 1.29 is 9.90 Å². The van der Waals surface area contributed by atoms with Gasteiger partial charge in [0.05, 0.1) is 5.41 Å². The van der Waals surface area contributed by atoms with Crippen LogP contribution >= 0.6 is 0 Å². The minimum atomic E-state index is -0.693. The van der Waals surface area contributed by atoms with Crippen LogP contribution in [0.25, 0.3) is 0 Å². The molecule has 0 radical (unpaired) electrons. The van der Waals surface area contributed by atoms with Crippen LogP contribution in [0.4, 0.5) is 0 Å². The van der Waals surface area contributed by atoms with Crippen molar-refractivity contribution in [3.8, 4) is 0 Å². The maximum atomic E-state index is 11.5. The van der Waals surface area contributed by atoms with Crippen molar-refractivity contribution in [3.05, 3.63) is 35.4 Å². The molecule has 1 aliphatic carbocycles. The second-order valence-corrected chi connectivity index (χ2v) is 5.09. The highest BCUT2D eigenvalue weighted by molar-refractivity contribution is 5.87. The van der Waals surface area contributed by atoms with E-state index in [0.29, 0.717) is 0 Å². The van der Waals surface area contributed by atoms with Gasteiger partial charge >= 0.3 is 5.97 Å². The van der Waals surface area contributed by atoms with Crippen molar-refractivity contribution in [1.82, 2.24) is 0 Å².